The summed E-state index contributed by atoms with van der Waals surface area (Å²) < 4.78 is 66.8. The van der Waals surface area contributed by atoms with Gasteiger partial charge in [0.25, 0.3) is 0 Å². The second-order valence-corrected chi connectivity index (χ2v) is 36.4. The van der Waals surface area contributed by atoms with Gasteiger partial charge in [-0.3, -0.25) is 0 Å². The monoisotopic (exact) mass is 1620 g/mol. The van der Waals surface area contributed by atoms with Gasteiger partial charge in [-0.15, -0.1) is 0 Å². The van der Waals surface area contributed by atoms with E-state index in [0.717, 1.165) is 39.6 Å². The second kappa shape index (κ2) is 134. The normalized spacial score (nSPS) is 10.7. The predicted molar refractivity (Wildman–Crippen MR) is 450 cm³/mol. The Bertz CT molecular complexity index is 1360. The fourth-order valence-electron chi connectivity index (χ4n) is 5.48. The number of benzene rings is 2. The summed E-state index contributed by atoms with van der Waals surface area (Å²) in [6, 6.07) is 29.4. The molecule has 23 nitrogen and oxygen atoms in total. The Balaban J connectivity index is -0.0000000842. The van der Waals surface area contributed by atoms with Crippen molar-refractivity contribution in [2.24, 2.45) is 0 Å². The van der Waals surface area contributed by atoms with Crippen LogP contribution >= 0.6 is 0 Å². The van der Waals surface area contributed by atoms with Gasteiger partial charge < -0.3 is 57.8 Å². The van der Waals surface area contributed by atoms with Crippen molar-refractivity contribution in [2.75, 3.05) is 162 Å². The molecule has 0 atom stereocenters. The first-order valence-electron chi connectivity index (χ1n) is 36.9. The van der Waals surface area contributed by atoms with Crippen molar-refractivity contribution in [3.63, 3.8) is 0 Å². The van der Waals surface area contributed by atoms with Crippen molar-refractivity contribution in [1.29, 1.82) is 0 Å². The summed E-state index contributed by atoms with van der Waals surface area (Å²) in [7, 11) is 6.47. The quantitative estimate of drug-likeness (QED) is 0.0261. The molecule has 0 aliphatic rings. The molecule has 0 aromatic heterocycles. The second-order valence-electron chi connectivity index (χ2n) is 18.6. The maximum absolute atomic E-state index is 5.40. The van der Waals surface area contributed by atoms with Gasteiger partial charge in [-0.2, -0.15) is 0 Å². The van der Waals surface area contributed by atoms with E-state index < -0.39 is 27.4 Å². The molecule has 0 fully saturated rings. The van der Waals surface area contributed by atoms with Crippen molar-refractivity contribution in [3.05, 3.63) is 66.2 Å². The minimum atomic E-state index is -2.25. The van der Waals surface area contributed by atoms with E-state index in [4.69, 9.17) is 53.1 Å². The third kappa shape index (κ3) is 159. The lowest BCUT2D eigenvalue weighted by molar-refractivity contribution is -0.287. The van der Waals surface area contributed by atoms with Crippen LogP contribution in [-0.2, 0) is 113 Å². The minimum Gasteiger partial charge on any atom is -0.427 e. The molecular formula is C67H166O23Si10. The Morgan fingerprint density at radius 1 is 0.310 bits per heavy atom. The highest BCUT2D eigenvalue weighted by Crippen LogP contribution is 2.08. The standard InChI is InChI=1S/C9H14OSi.C8H12OSi.C7H18O3Si.2C5H16OSi2.C5H14OSi.C4H12O3Si.4C4H10O2.C3H10OSi.C3H8O.C2H6O2/c1-10-11-8-7-9-5-3-2-4-6-9;1-2-9-10-8-6-4-3-5-7-8;1-5-8-11(4,9-6-2)10-7-3;2*1-3-6-8-5-4-7-2;1-3-5-7-6-4-2;1-5-8(4,6-2)7-3;4*1-3-5-6-4-2;1-3-4-5-2;2*1-3-4-2/h2-6H,7-8,11H2,1H3;3-7H,2,10H2,1H3;5-7H2,1-4H3;2*3-5,7-8H2,1-2H3;3-5,7H2,1-2H3;1-4H3;4*3-4H2,1-2H3;3,5H2,1-2H3;3H2,1-2H3;1-2H3. The minimum absolute atomic E-state index is 0.0650. The van der Waals surface area contributed by atoms with Crippen molar-refractivity contribution in [3.8, 4) is 0 Å². The zero-order valence-electron chi connectivity index (χ0n) is 70.5. The molecule has 0 amide bonds. The SMILES string of the molecule is CCC[SiH2]OCC.CCOC.CCOOCC.CCOOCC.CCOOCC.CCOOCC.CCO[SiH2]C.CCO[SiH2]CC[SiH2]C.CCO[SiH2]CC[SiH2]C.CCO[SiH2]c1ccccc1.CCO[Si](C)(OCC)OCC.COOC.CO[SiH2]CCc1ccccc1.CO[Si](C)(OC)OC. The summed E-state index contributed by atoms with van der Waals surface area (Å²) in [5.74, 6) is 0. The van der Waals surface area contributed by atoms with Crippen LogP contribution in [0.4, 0.5) is 0 Å². The molecule has 612 valence electrons. The number of methoxy groups -OCH3 is 1. The van der Waals surface area contributed by atoms with Crippen LogP contribution in [0.5, 0.6) is 0 Å². The molecule has 0 aliphatic carbocycles. The molecule has 0 radical (unpaired) electrons. The third-order valence-corrected chi connectivity index (χ3v) is 27.5. The molecule has 2 aromatic rings. The lowest BCUT2D eigenvalue weighted by atomic mass is 10.2. The zero-order chi connectivity index (χ0) is 78.8. The average molecular weight is 1620 g/mol. The van der Waals surface area contributed by atoms with Crippen LogP contribution in [0.25, 0.3) is 0 Å². The molecule has 2 rings (SSSR count). The topological polar surface area (TPSA) is 212 Å². The van der Waals surface area contributed by atoms with Gasteiger partial charge >= 0.3 is 17.6 Å². The number of rotatable bonds is 46. The molecule has 0 bridgehead atoms. The largest absolute Gasteiger partial charge is 0.497 e. The highest BCUT2D eigenvalue weighted by molar-refractivity contribution is 6.59. The Morgan fingerprint density at radius 2 is 0.620 bits per heavy atom. The van der Waals surface area contributed by atoms with Crippen LogP contribution in [0.1, 0.15) is 137 Å². The van der Waals surface area contributed by atoms with E-state index in [9.17, 15) is 0 Å². The molecule has 33 heteroatoms. The summed E-state index contributed by atoms with van der Waals surface area (Å²) in [5.41, 5.74) is 1.43. The van der Waals surface area contributed by atoms with Crippen LogP contribution in [0, 0.1) is 0 Å². The van der Waals surface area contributed by atoms with Gasteiger partial charge in [0.2, 0.25) is 0 Å². The van der Waals surface area contributed by atoms with E-state index in [1.54, 1.807) is 35.5 Å². The number of hydrogen-bond acceptors (Lipinski definition) is 23. The van der Waals surface area contributed by atoms with Crippen molar-refractivity contribution >= 4 is 100 Å². The summed E-state index contributed by atoms with van der Waals surface area (Å²) in [4.78, 5) is 43.9. The molecule has 0 aliphatic heterocycles. The van der Waals surface area contributed by atoms with Crippen LogP contribution in [0.15, 0.2) is 60.7 Å². The Kier molecular flexibility index (Phi) is 170. The van der Waals surface area contributed by atoms with E-state index >= 15 is 0 Å². The van der Waals surface area contributed by atoms with E-state index in [1.165, 1.54) is 74.1 Å². The molecule has 0 N–H and O–H groups in total. The van der Waals surface area contributed by atoms with E-state index in [-0.39, 0.29) is 48.8 Å². The first-order valence-corrected chi connectivity index (χ1v) is 55.8. The molecule has 0 spiro atoms. The fraction of sp³-hybridized carbons (Fsp3) is 0.821. The average Bonchev–Trinajstić information content (AvgIpc) is 0.966. The van der Waals surface area contributed by atoms with Crippen molar-refractivity contribution < 1.29 is 107 Å². The number of aryl methyl sites for hydroxylation is 1. The van der Waals surface area contributed by atoms with Gasteiger partial charge in [-0.05, 0) is 159 Å². The van der Waals surface area contributed by atoms with Crippen molar-refractivity contribution in [2.45, 2.75) is 206 Å². The van der Waals surface area contributed by atoms with E-state index in [1.807, 2.05) is 116 Å². The van der Waals surface area contributed by atoms with Gasteiger partial charge in [0, 0.05) is 127 Å². The molecule has 0 saturated carbocycles. The maximum Gasteiger partial charge on any atom is 0.497 e. The zero-order valence-corrected chi connectivity index (χ0v) is 83.8. The first-order chi connectivity index (χ1) is 48.4. The predicted octanol–water partition coefficient (Wildman–Crippen LogP) is 10.1. The van der Waals surface area contributed by atoms with Crippen LogP contribution in [0.3, 0.4) is 0 Å². The molecule has 100 heavy (non-hydrogen) atoms. The highest BCUT2D eigenvalue weighted by atomic mass is 28.4. The molecule has 0 unspecified atom stereocenters. The lowest BCUT2D eigenvalue weighted by Crippen LogP contribution is -2.42. The van der Waals surface area contributed by atoms with Crippen LogP contribution < -0.4 is 5.19 Å². The Hall–Kier alpha value is -0.311. The summed E-state index contributed by atoms with van der Waals surface area (Å²) >= 11 is 0. The van der Waals surface area contributed by atoms with Gasteiger partial charge in [-0.1, -0.05) is 106 Å². The molecule has 0 heterocycles. The van der Waals surface area contributed by atoms with Crippen LogP contribution in [0.2, 0.25) is 69.0 Å². The molecular weight excluding hydrogens is 1450 g/mol. The number of hydrogen-bond donors (Lipinski definition) is 0. The summed E-state index contributed by atoms with van der Waals surface area (Å²) in [6.45, 7) is 58.4. The van der Waals surface area contributed by atoms with E-state index in [0.29, 0.717) is 91.7 Å². The van der Waals surface area contributed by atoms with Gasteiger partial charge in [0.1, 0.15) is 0 Å². The smallest absolute Gasteiger partial charge is 0.427 e. The Morgan fingerprint density at radius 3 is 0.830 bits per heavy atom. The fourth-order valence-corrected chi connectivity index (χ4v) is 17.4. The first kappa shape index (κ1) is 126. The van der Waals surface area contributed by atoms with Gasteiger partial charge in [0.05, 0.1) is 67.1 Å². The maximum atomic E-state index is 5.40. The van der Waals surface area contributed by atoms with Gasteiger partial charge in [0.15, 0.2) is 58.6 Å². The highest BCUT2D eigenvalue weighted by Gasteiger charge is 2.33. The van der Waals surface area contributed by atoms with Crippen LogP contribution in [-0.4, -0.2) is 257 Å². The van der Waals surface area contributed by atoms with E-state index in [2.05, 4.69) is 156 Å². The number of ether oxygens (including phenoxy) is 1. The summed E-state index contributed by atoms with van der Waals surface area (Å²) in [6.07, 6.45) is 2.48. The summed E-state index contributed by atoms with van der Waals surface area (Å²) in [5, 5.41) is 1.38. The Labute approximate surface area is 638 Å². The van der Waals surface area contributed by atoms with Gasteiger partial charge in [-0.25, -0.2) is 48.9 Å². The molecule has 2 aromatic carbocycles. The third-order valence-electron chi connectivity index (χ3n) is 10.5. The molecule has 0 saturated heterocycles. The van der Waals surface area contributed by atoms with Crippen molar-refractivity contribution in [1.82, 2.24) is 0 Å². The lowest BCUT2D eigenvalue weighted by Gasteiger charge is -2.23.